The van der Waals surface area contributed by atoms with Crippen LogP contribution in [0.25, 0.3) is 11.5 Å². The number of hydrogen-bond donors (Lipinski definition) is 1. The minimum absolute atomic E-state index is 0.428. The monoisotopic (exact) mass is 238 g/mol. The van der Waals surface area contributed by atoms with E-state index in [-0.39, 0.29) is 0 Å². The lowest BCUT2D eigenvalue weighted by molar-refractivity contribution is 0.377. The molecule has 2 heterocycles. The van der Waals surface area contributed by atoms with E-state index in [4.69, 9.17) is 16.1 Å². The Kier molecular flexibility index (Phi) is 3.48. The maximum atomic E-state index is 5.98. The Balaban J connectivity index is 2.22. The van der Waals surface area contributed by atoms with E-state index in [0.29, 0.717) is 28.9 Å². The molecule has 1 N–H and O–H groups in total. The van der Waals surface area contributed by atoms with Gasteiger partial charge in [-0.25, -0.2) is 0 Å². The normalized spacial score (nSPS) is 10.6. The molecule has 2 rings (SSSR count). The highest BCUT2D eigenvalue weighted by molar-refractivity contribution is 6.32. The van der Waals surface area contributed by atoms with Crippen LogP contribution in [0.5, 0.6) is 0 Å². The van der Waals surface area contributed by atoms with Crippen molar-refractivity contribution in [3.8, 4) is 11.5 Å². The van der Waals surface area contributed by atoms with E-state index >= 15 is 0 Å². The second-order valence-electron chi connectivity index (χ2n) is 3.20. The third-order valence-corrected chi connectivity index (χ3v) is 2.33. The molecule has 0 saturated heterocycles. The van der Waals surface area contributed by atoms with Gasteiger partial charge in [0.05, 0.1) is 5.02 Å². The van der Waals surface area contributed by atoms with Crippen LogP contribution in [0.3, 0.4) is 0 Å². The molecule has 2 aromatic rings. The Hall–Kier alpha value is -1.46. The second kappa shape index (κ2) is 5.05. The summed E-state index contributed by atoms with van der Waals surface area (Å²) < 4.78 is 5.08. The van der Waals surface area contributed by atoms with Gasteiger partial charge < -0.3 is 9.84 Å². The van der Waals surface area contributed by atoms with Crippen LogP contribution in [0.1, 0.15) is 5.89 Å². The Morgan fingerprint density at radius 3 is 3.12 bits per heavy atom. The maximum Gasteiger partial charge on any atom is 0.228 e. The lowest BCUT2D eigenvalue weighted by Gasteiger charge is -1.95. The van der Waals surface area contributed by atoms with E-state index in [1.165, 1.54) is 0 Å². The van der Waals surface area contributed by atoms with Crippen LogP contribution < -0.4 is 5.32 Å². The molecule has 0 saturated carbocycles. The standard InChI is InChI=1S/C10H11ClN4O/c1-12-6-4-8-14-10(15-16-8)9-7(11)3-2-5-13-9/h2-3,5,12H,4,6H2,1H3. The van der Waals surface area contributed by atoms with E-state index in [0.717, 1.165) is 6.54 Å². The highest BCUT2D eigenvalue weighted by Gasteiger charge is 2.12. The van der Waals surface area contributed by atoms with Crippen molar-refractivity contribution in [2.75, 3.05) is 13.6 Å². The zero-order valence-corrected chi connectivity index (χ0v) is 9.53. The average Bonchev–Trinajstić information content (AvgIpc) is 2.75. The predicted molar refractivity (Wildman–Crippen MR) is 60.2 cm³/mol. The van der Waals surface area contributed by atoms with Crippen molar-refractivity contribution in [3.63, 3.8) is 0 Å². The van der Waals surface area contributed by atoms with Crippen molar-refractivity contribution in [2.24, 2.45) is 0 Å². The first-order valence-electron chi connectivity index (χ1n) is 4.89. The SMILES string of the molecule is CNCCc1nc(-c2ncccc2Cl)no1. The van der Waals surface area contributed by atoms with Gasteiger partial charge in [0.15, 0.2) is 0 Å². The number of nitrogens with one attached hydrogen (secondary N) is 1. The summed E-state index contributed by atoms with van der Waals surface area (Å²) in [7, 11) is 1.87. The highest BCUT2D eigenvalue weighted by atomic mass is 35.5. The average molecular weight is 239 g/mol. The van der Waals surface area contributed by atoms with Gasteiger partial charge in [0.1, 0.15) is 5.69 Å². The molecule has 84 valence electrons. The molecule has 0 fully saturated rings. The highest BCUT2D eigenvalue weighted by Crippen LogP contribution is 2.22. The lowest BCUT2D eigenvalue weighted by Crippen LogP contribution is -2.10. The lowest BCUT2D eigenvalue weighted by atomic mass is 10.3. The molecule has 6 heteroatoms. The van der Waals surface area contributed by atoms with E-state index in [1.807, 2.05) is 7.05 Å². The summed E-state index contributed by atoms with van der Waals surface area (Å²) in [6, 6.07) is 3.50. The quantitative estimate of drug-likeness (QED) is 0.876. The second-order valence-corrected chi connectivity index (χ2v) is 3.61. The summed E-state index contributed by atoms with van der Waals surface area (Å²) in [6.45, 7) is 0.789. The van der Waals surface area contributed by atoms with Crippen molar-refractivity contribution in [2.45, 2.75) is 6.42 Å². The minimum Gasteiger partial charge on any atom is -0.339 e. The van der Waals surface area contributed by atoms with Crippen molar-refractivity contribution < 1.29 is 4.52 Å². The molecular weight excluding hydrogens is 228 g/mol. The van der Waals surface area contributed by atoms with Crippen molar-refractivity contribution in [1.29, 1.82) is 0 Å². The number of pyridine rings is 1. The largest absolute Gasteiger partial charge is 0.339 e. The van der Waals surface area contributed by atoms with Gasteiger partial charge >= 0.3 is 0 Å². The van der Waals surface area contributed by atoms with E-state index in [1.54, 1.807) is 18.3 Å². The number of aromatic nitrogens is 3. The Morgan fingerprint density at radius 1 is 1.50 bits per heavy atom. The van der Waals surface area contributed by atoms with Gasteiger partial charge in [-0.2, -0.15) is 4.98 Å². The van der Waals surface area contributed by atoms with Crippen LogP contribution in [0, 0.1) is 0 Å². The number of likely N-dealkylation sites (N-methyl/N-ethyl adjacent to an activating group) is 1. The molecule has 0 aromatic carbocycles. The number of nitrogens with zero attached hydrogens (tertiary/aromatic N) is 3. The van der Waals surface area contributed by atoms with Gasteiger partial charge in [-0.05, 0) is 19.2 Å². The van der Waals surface area contributed by atoms with Gasteiger partial charge in [0.25, 0.3) is 0 Å². The first-order valence-corrected chi connectivity index (χ1v) is 5.27. The first kappa shape index (κ1) is 11.0. The van der Waals surface area contributed by atoms with Gasteiger partial charge in [0.2, 0.25) is 11.7 Å². The van der Waals surface area contributed by atoms with Gasteiger partial charge in [-0.1, -0.05) is 16.8 Å². The molecule has 0 bridgehead atoms. The summed E-state index contributed by atoms with van der Waals surface area (Å²) >= 11 is 5.98. The third kappa shape index (κ3) is 2.37. The Morgan fingerprint density at radius 2 is 2.38 bits per heavy atom. The summed E-state index contributed by atoms with van der Waals surface area (Å²) in [5.41, 5.74) is 0.545. The van der Waals surface area contributed by atoms with Gasteiger partial charge in [-0.3, -0.25) is 4.98 Å². The third-order valence-electron chi connectivity index (χ3n) is 2.03. The summed E-state index contributed by atoms with van der Waals surface area (Å²) in [4.78, 5) is 8.32. The van der Waals surface area contributed by atoms with Crippen LogP contribution in [0.15, 0.2) is 22.9 Å². The van der Waals surface area contributed by atoms with Gasteiger partial charge in [0, 0.05) is 19.2 Å². The van der Waals surface area contributed by atoms with Crippen molar-refractivity contribution in [3.05, 3.63) is 29.2 Å². The Labute approximate surface area is 97.8 Å². The van der Waals surface area contributed by atoms with E-state index < -0.39 is 0 Å². The number of halogens is 1. The molecule has 0 radical (unpaired) electrons. The molecule has 0 atom stereocenters. The summed E-state index contributed by atoms with van der Waals surface area (Å²) in [5, 5.41) is 7.36. The zero-order valence-electron chi connectivity index (χ0n) is 8.77. The van der Waals surface area contributed by atoms with Crippen molar-refractivity contribution in [1.82, 2.24) is 20.4 Å². The zero-order chi connectivity index (χ0) is 11.4. The molecule has 2 aromatic heterocycles. The fraction of sp³-hybridized carbons (Fsp3) is 0.300. The molecular formula is C10H11ClN4O. The van der Waals surface area contributed by atoms with Crippen LogP contribution in [-0.2, 0) is 6.42 Å². The molecule has 0 aliphatic heterocycles. The fourth-order valence-corrected chi connectivity index (χ4v) is 1.44. The molecule has 0 spiro atoms. The van der Waals surface area contributed by atoms with E-state index in [2.05, 4.69) is 20.4 Å². The fourth-order valence-electron chi connectivity index (χ4n) is 1.23. The summed E-state index contributed by atoms with van der Waals surface area (Å²) in [6.07, 6.45) is 2.33. The molecule has 0 amide bonds. The smallest absolute Gasteiger partial charge is 0.228 e. The van der Waals surface area contributed by atoms with Crippen molar-refractivity contribution >= 4 is 11.6 Å². The predicted octanol–water partition coefficient (Wildman–Crippen LogP) is 1.55. The number of rotatable bonds is 4. The minimum atomic E-state index is 0.428. The van der Waals surface area contributed by atoms with Crippen LogP contribution in [0.4, 0.5) is 0 Å². The Bertz CT molecular complexity index is 471. The van der Waals surface area contributed by atoms with Crippen LogP contribution in [0.2, 0.25) is 5.02 Å². The van der Waals surface area contributed by atoms with Gasteiger partial charge in [-0.15, -0.1) is 0 Å². The molecule has 16 heavy (non-hydrogen) atoms. The topological polar surface area (TPSA) is 63.8 Å². The van der Waals surface area contributed by atoms with Crippen LogP contribution in [-0.4, -0.2) is 28.7 Å². The maximum absolute atomic E-state index is 5.98. The van der Waals surface area contributed by atoms with E-state index in [9.17, 15) is 0 Å². The van der Waals surface area contributed by atoms with Crippen LogP contribution >= 0.6 is 11.6 Å². The molecule has 5 nitrogen and oxygen atoms in total. The summed E-state index contributed by atoms with van der Waals surface area (Å²) in [5.74, 6) is 1.00. The molecule has 0 aliphatic carbocycles. The first-order chi connectivity index (χ1) is 7.81. The number of hydrogen-bond acceptors (Lipinski definition) is 5. The molecule has 0 aliphatic rings. The molecule has 0 unspecified atom stereocenters.